The first-order valence-corrected chi connectivity index (χ1v) is 40.4. The van der Waals surface area contributed by atoms with Gasteiger partial charge in [0.25, 0.3) is 7.82 Å². The molecule has 10 heteroatoms. The highest BCUT2D eigenvalue weighted by Crippen LogP contribution is 2.38. The van der Waals surface area contributed by atoms with Gasteiger partial charge in [-0.05, 0) is 96.3 Å². The predicted molar refractivity (Wildman–Crippen MR) is 397 cm³/mol. The number of hydrogen-bond donors (Lipinski definition) is 0. The highest BCUT2D eigenvalue weighted by atomic mass is 31.2. The number of rotatable bonds is 72. The number of phosphoric ester groups is 1. The average Bonchev–Trinajstić information content (AvgIpc) is 2.14. The van der Waals surface area contributed by atoms with Gasteiger partial charge >= 0.3 is 11.9 Å². The highest BCUT2D eigenvalue weighted by Gasteiger charge is 2.22. The van der Waals surface area contributed by atoms with Gasteiger partial charge in [-0.1, -0.05) is 349 Å². The van der Waals surface area contributed by atoms with Crippen molar-refractivity contribution in [2.45, 2.75) is 367 Å². The molecule has 0 aromatic heterocycles. The van der Waals surface area contributed by atoms with Crippen LogP contribution in [0.15, 0.2) is 97.2 Å². The van der Waals surface area contributed by atoms with Gasteiger partial charge in [-0.2, -0.15) is 0 Å². The summed E-state index contributed by atoms with van der Waals surface area (Å²) in [4.78, 5) is 38.2. The fourth-order valence-corrected chi connectivity index (χ4v) is 11.9. The molecule has 0 radical (unpaired) electrons. The second kappa shape index (κ2) is 72.2. The number of quaternary nitrogens is 1. The number of ether oxygens (including phenoxy) is 2. The van der Waals surface area contributed by atoms with Crippen LogP contribution in [0.4, 0.5) is 0 Å². The molecule has 0 N–H and O–H groups in total. The lowest BCUT2D eigenvalue weighted by atomic mass is 10.0. The molecule has 0 aliphatic heterocycles. The molecule has 0 spiro atoms. The van der Waals surface area contributed by atoms with Crippen molar-refractivity contribution in [2.75, 3.05) is 47.5 Å². The van der Waals surface area contributed by atoms with Gasteiger partial charge in [0.1, 0.15) is 19.8 Å². The summed E-state index contributed by atoms with van der Waals surface area (Å²) in [5.41, 5.74) is 0. The van der Waals surface area contributed by atoms with Crippen molar-refractivity contribution in [1.82, 2.24) is 0 Å². The zero-order valence-corrected chi connectivity index (χ0v) is 61.9. The molecular weight excluding hydrogens is 1160 g/mol. The van der Waals surface area contributed by atoms with Gasteiger partial charge in [0, 0.05) is 12.8 Å². The number of esters is 2. The third-order valence-corrected chi connectivity index (χ3v) is 18.1. The molecule has 0 aliphatic rings. The molecule has 92 heavy (non-hydrogen) atoms. The van der Waals surface area contributed by atoms with E-state index in [1.54, 1.807) is 0 Å². The van der Waals surface area contributed by atoms with Gasteiger partial charge in [0.05, 0.1) is 27.7 Å². The Morgan fingerprint density at radius 1 is 0.348 bits per heavy atom. The number of carbonyl (C=O) groups excluding carboxylic acids is 2. The van der Waals surface area contributed by atoms with E-state index in [0.29, 0.717) is 17.4 Å². The summed E-state index contributed by atoms with van der Waals surface area (Å²) in [6.45, 7) is 4.16. The SMILES string of the molecule is CC/C=C\C/C=C\C/C=C\C/C=C\C/C=C\CCCCCCCCCCCCCCCCCC(=O)OC(COC(=O)CCCCCCCCCCCCCCCCCCCCCCCC/C=C\C/C=C\C/C=C\CCCCCCC)COP(=O)([O-])OCC[N+](C)(C)C. The van der Waals surface area contributed by atoms with Crippen molar-refractivity contribution in [3.05, 3.63) is 97.2 Å². The zero-order chi connectivity index (χ0) is 66.9. The number of nitrogens with zero attached hydrogens (tertiary/aromatic N) is 1. The number of carbonyl (C=O) groups is 2. The van der Waals surface area contributed by atoms with Crippen LogP contribution in [0.5, 0.6) is 0 Å². The van der Waals surface area contributed by atoms with Crippen LogP contribution < -0.4 is 4.89 Å². The Bertz CT molecular complexity index is 1880. The molecule has 2 unspecified atom stereocenters. The Morgan fingerprint density at radius 3 is 0.924 bits per heavy atom. The molecule has 2 atom stereocenters. The molecule has 0 bridgehead atoms. The Labute approximate surface area is 570 Å². The van der Waals surface area contributed by atoms with Gasteiger partial charge in [-0.25, -0.2) is 0 Å². The number of allylic oxidation sites excluding steroid dienone is 16. The van der Waals surface area contributed by atoms with Crippen LogP contribution in [-0.4, -0.2) is 70.0 Å². The summed E-state index contributed by atoms with van der Waals surface area (Å²) in [5, 5.41) is 0. The average molecular weight is 1310 g/mol. The van der Waals surface area contributed by atoms with Crippen LogP contribution in [0.2, 0.25) is 0 Å². The minimum absolute atomic E-state index is 0.0318. The maximum absolute atomic E-state index is 12.9. The Kier molecular flexibility index (Phi) is 69.8. The number of likely N-dealkylation sites (N-methyl/N-ethyl adjacent to an activating group) is 1. The minimum Gasteiger partial charge on any atom is -0.756 e. The van der Waals surface area contributed by atoms with E-state index in [1.807, 2.05) is 21.1 Å². The third kappa shape index (κ3) is 76.0. The molecule has 0 fully saturated rings. The van der Waals surface area contributed by atoms with E-state index < -0.39 is 26.5 Å². The standard InChI is InChI=1S/C82H148NO8P/c1-6-8-10-12-14-16-18-20-22-24-26-28-30-32-34-36-38-39-40-41-42-43-45-46-48-50-52-54-56-58-60-62-64-66-68-70-72-74-81(84)88-78-80(79-90-92(86,87)89-77-76-83(3,4)5)91-82(85)75-73-71-69-67-65-63-61-59-57-55-53-51-49-47-44-37-35-33-31-29-27-25-23-21-19-17-15-13-11-9-7-2/h9,11,15,17-18,20-21,23-24,26-27,29-30,32-33,35,80H,6-8,10,12-14,16,19,22,25,28,31,34,36-79H2,1-5H3/b11-9-,17-15-,20-18-,23-21-,26-24-,29-27-,32-30-,35-33-. The fourth-order valence-electron chi connectivity index (χ4n) is 11.2. The van der Waals surface area contributed by atoms with Crippen LogP contribution in [0.1, 0.15) is 361 Å². The Balaban J connectivity index is 3.95. The van der Waals surface area contributed by atoms with Crippen molar-refractivity contribution in [1.29, 1.82) is 0 Å². The molecule has 9 nitrogen and oxygen atoms in total. The summed E-state index contributed by atoms with van der Waals surface area (Å²) in [6, 6.07) is 0. The lowest BCUT2D eigenvalue weighted by molar-refractivity contribution is -0.870. The van der Waals surface area contributed by atoms with Gasteiger partial charge < -0.3 is 27.9 Å². The molecule has 0 saturated carbocycles. The maximum atomic E-state index is 12.9. The van der Waals surface area contributed by atoms with E-state index in [4.69, 9.17) is 18.5 Å². The van der Waals surface area contributed by atoms with E-state index in [9.17, 15) is 19.0 Å². The molecule has 0 aromatic rings. The van der Waals surface area contributed by atoms with Crippen molar-refractivity contribution in [3.8, 4) is 0 Å². The molecular formula is C82H148NO8P. The van der Waals surface area contributed by atoms with E-state index in [0.717, 1.165) is 83.5 Å². The summed E-state index contributed by atoms with van der Waals surface area (Å²) < 4.78 is 34.4. The second-order valence-corrected chi connectivity index (χ2v) is 28.8. The topological polar surface area (TPSA) is 111 Å². The summed E-state index contributed by atoms with van der Waals surface area (Å²) in [6.07, 6.45) is 101. The van der Waals surface area contributed by atoms with Crippen molar-refractivity contribution in [2.24, 2.45) is 0 Å². The van der Waals surface area contributed by atoms with Crippen LogP contribution in [0.25, 0.3) is 0 Å². The van der Waals surface area contributed by atoms with Gasteiger partial charge in [0.15, 0.2) is 6.10 Å². The number of unbranched alkanes of at least 4 members (excludes halogenated alkanes) is 42. The smallest absolute Gasteiger partial charge is 0.306 e. The lowest BCUT2D eigenvalue weighted by Gasteiger charge is -2.28. The largest absolute Gasteiger partial charge is 0.756 e. The molecule has 0 heterocycles. The molecule has 0 aliphatic carbocycles. The molecule has 0 aromatic carbocycles. The van der Waals surface area contributed by atoms with Gasteiger partial charge in [-0.15, -0.1) is 0 Å². The summed E-state index contributed by atoms with van der Waals surface area (Å²) in [5.74, 6) is -0.820. The van der Waals surface area contributed by atoms with E-state index in [1.165, 1.54) is 244 Å². The van der Waals surface area contributed by atoms with Gasteiger partial charge in [0.2, 0.25) is 0 Å². The first-order valence-electron chi connectivity index (χ1n) is 38.9. The minimum atomic E-state index is -4.65. The second-order valence-electron chi connectivity index (χ2n) is 27.3. The van der Waals surface area contributed by atoms with Crippen LogP contribution in [0, 0.1) is 0 Å². The van der Waals surface area contributed by atoms with E-state index in [2.05, 4.69) is 111 Å². The van der Waals surface area contributed by atoms with Crippen LogP contribution in [0.3, 0.4) is 0 Å². The predicted octanol–water partition coefficient (Wildman–Crippen LogP) is 25.2. The third-order valence-electron chi connectivity index (χ3n) is 17.1. The number of phosphoric acid groups is 1. The van der Waals surface area contributed by atoms with E-state index in [-0.39, 0.29) is 32.0 Å². The van der Waals surface area contributed by atoms with Gasteiger partial charge in [-0.3, -0.25) is 14.2 Å². The zero-order valence-electron chi connectivity index (χ0n) is 61.0. The highest BCUT2D eigenvalue weighted by molar-refractivity contribution is 7.45. The monoisotopic (exact) mass is 1310 g/mol. The quantitative estimate of drug-likeness (QED) is 0.0195. The fraction of sp³-hybridized carbons (Fsp3) is 0.780. The normalized spacial score (nSPS) is 13.6. The van der Waals surface area contributed by atoms with Crippen molar-refractivity contribution >= 4 is 19.8 Å². The maximum Gasteiger partial charge on any atom is 0.306 e. The molecule has 0 rings (SSSR count). The van der Waals surface area contributed by atoms with Crippen LogP contribution >= 0.6 is 7.82 Å². The molecule has 534 valence electrons. The lowest BCUT2D eigenvalue weighted by Crippen LogP contribution is -2.37. The molecule has 0 amide bonds. The molecule has 0 saturated heterocycles. The van der Waals surface area contributed by atoms with Crippen LogP contribution in [-0.2, 0) is 32.7 Å². The first-order chi connectivity index (χ1) is 45.0. The Hall–Kier alpha value is -3.07. The van der Waals surface area contributed by atoms with Crippen molar-refractivity contribution in [3.63, 3.8) is 0 Å². The number of hydrogen-bond acceptors (Lipinski definition) is 8. The van der Waals surface area contributed by atoms with Crippen molar-refractivity contribution < 1.29 is 42.1 Å². The Morgan fingerprint density at radius 2 is 0.620 bits per heavy atom. The van der Waals surface area contributed by atoms with E-state index >= 15 is 0 Å². The first kappa shape index (κ1) is 88.9. The summed E-state index contributed by atoms with van der Waals surface area (Å²) >= 11 is 0. The summed E-state index contributed by atoms with van der Waals surface area (Å²) in [7, 11) is 1.17.